The van der Waals surface area contributed by atoms with E-state index in [1.165, 1.54) is 25.6 Å². The van der Waals surface area contributed by atoms with E-state index in [9.17, 15) is 0 Å². The van der Waals surface area contributed by atoms with Crippen molar-refractivity contribution < 1.29 is 4.74 Å². The Kier molecular flexibility index (Phi) is 4.36. The molecule has 0 bridgehead atoms. The second kappa shape index (κ2) is 6.23. The molecular weight excluding hydrogens is 214 g/mol. The topological polar surface area (TPSA) is 47.0 Å². The molecule has 0 aromatic carbocycles. The molecule has 4 nitrogen and oxygen atoms in total. The van der Waals surface area contributed by atoms with Gasteiger partial charge >= 0.3 is 0 Å². The average molecular weight is 233 g/mol. The Morgan fingerprint density at radius 2 is 2.35 bits per heavy atom. The fraction of sp³-hybridized carbons (Fsp3) is 0.538. The number of anilines is 1. The van der Waals surface area contributed by atoms with Crippen molar-refractivity contribution in [2.24, 2.45) is 0 Å². The Balaban J connectivity index is 1.79. The maximum Gasteiger partial charge on any atom is 0.218 e. The van der Waals surface area contributed by atoms with Crippen LogP contribution in [0.15, 0.2) is 24.0 Å². The number of aromatic nitrogens is 2. The molecule has 0 saturated heterocycles. The number of nitrogens with one attached hydrogen (secondary N) is 1. The molecule has 0 radical (unpaired) electrons. The summed E-state index contributed by atoms with van der Waals surface area (Å²) in [4.78, 5) is 8.19. The first kappa shape index (κ1) is 11.9. The van der Waals surface area contributed by atoms with Gasteiger partial charge in [0.25, 0.3) is 0 Å². The summed E-state index contributed by atoms with van der Waals surface area (Å²) in [5.41, 5.74) is 1.57. The molecule has 1 aromatic rings. The van der Waals surface area contributed by atoms with Gasteiger partial charge in [0.15, 0.2) is 0 Å². The van der Waals surface area contributed by atoms with E-state index in [-0.39, 0.29) is 0 Å². The highest BCUT2D eigenvalue weighted by molar-refractivity contribution is 5.37. The molecule has 0 fully saturated rings. The summed E-state index contributed by atoms with van der Waals surface area (Å²) in [5, 5.41) is 3.30. The van der Waals surface area contributed by atoms with E-state index in [1.54, 1.807) is 5.57 Å². The monoisotopic (exact) mass is 233 g/mol. The van der Waals surface area contributed by atoms with Crippen LogP contribution in [-0.4, -0.2) is 23.1 Å². The van der Waals surface area contributed by atoms with Crippen LogP contribution in [0.3, 0.4) is 0 Å². The number of ether oxygens (including phenoxy) is 1. The predicted molar refractivity (Wildman–Crippen MR) is 68.2 cm³/mol. The van der Waals surface area contributed by atoms with Gasteiger partial charge in [-0.3, -0.25) is 0 Å². The first-order chi connectivity index (χ1) is 8.38. The molecule has 92 valence electrons. The van der Waals surface area contributed by atoms with Crippen LogP contribution in [0.1, 0.15) is 32.6 Å². The van der Waals surface area contributed by atoms with Gasteiger partial charge in [0.05, 0.1) is 6.61 Å². The van der Waals surface area contributed by atoms with Crippen LogP contribution in [0, 0.1) is 0 Å². The number of rotatable bonds is 6. The summed E-state index contributed by atoms with van der Waals surface area (Å²) in [6.45, 7) is 3.50. The van der Waals surface area contributed by atoms with E-state index >= 15 is 0 Å². The summed E-state index contributed by atoms with van der Waals surface area (Å²) in [7, 11) is 0. The highest BCUT2D eigenvalue weighted by Gasteiger charge is 2.04. The van der Waals surface area contributed by atoms with Gasteiger partial charge in [-0.2, -0.15) is 0 Å². The molecule has 1 N–H and O–H groups in total. The first-order valence-corrected chi connectivity index (χ1v) is 6.25. The van der Waals surface area contributed by atoms with E-state index < -0.39 is 0 Å². The third-order valence-electron chi connectivity index (χ3n) is 2.82. The van der Waals surface area contributed by atoms with Gasteiger partial charge in [-0.05, 0) is 32.6 Å². The van der Waals surface area contributed by atoms with Crippen LogP contribution >= 0.6 is 0 Å². The predicted octanol–water partition coefficient (Wildman–Crippen LogP) is 2.79. The number of hydrogen-bond donors (Lipinski definition) is 1. The van der Waals surface area contributed by atoms with E-state index in [1.807, 2.05) is 13.0 Å². The molecule has 1 heterocycles. The lowest BCUT2D eigenvalue weighted by Crippen LogP contribution is -2.05. The van der Waals surface area contributed by atoms with Crippen molar-refractivity contribution in [2.45, 2.75) is 32.6 Å². The van der Waals surface area contributed by atoms with Gasteiger partial charge in [-0.15, -0.1) is 0 Å². The Bertz CT molecular complexity index is 390. The second-order valence-corrected chi connectivity index (χ2v) is 4.11. The molecule has 17 heavy (non-hydrogen) atoms. The molecule has 2 rings (SSSR count). The molecular formula is C13H19N3O. The summed E-state index contributed by atoms with van der Waals surface area (Å²) in [6, 6.07) is 1.84. The number of allylic oxidation sites excluding steroid dienone is 1. The summed E-state index contributed by atoms with van der Waals surface area (Å²) >= 11 is 0. The zero-order valence-electron chi connectivity index (χ0n) is 10.3. The molecule has 0 aliphatic heterocycles. The van der Waals surface area contributed by atoms with E-state index in [0.29, 0.717) is 12.5 Å². The van der Waals surface area contributed by atoms with Crippen LogP contribution in [0.25, 0.3) is 0 Å². The lowest BCUT2D eigenvalue weighted by molar-refractivity contribution is 0.326. The van der Waals surface area contributed by atoms with Gasteiger partial charge in [-0.1, -0.05) is 11.6 Å². The fourth-order valence-electron chi connectivity index (χ4n) is 1.98. The normalized spacial score (nSPS) is 14.5. The minimum Gasteiger partial charge on any atom is -0.478 e. The fourth-order valence-corrected chi connectivity index (χ4v) is 1.98. The Morgan fingerprint density at radius 1 is 1.41 bits per heavy atom. The Hall–Kier alpha value is -1.58. The molecule has 0 spiro atoms. The SMILES string of the molecule is CCOc1cc(NCCC2=CCCC2)ncn1. The van der Waals surface area contributed by atoms with Crippen LogP contribution < -0.4 is 10.1 Å². The zero-order valence-corrected chi connectivity index (χ0v) is 10.3. The van der Waals surface area contributed by atoms with Crippen molar-refractivity contribution in [3.8, 4) is 5.88 Å². The van der Waals surface area contributed by atoms with Crippen LogP contribution in [-0.2, 0) is 0 Å². The number of hydrogen-bond acceptors (Lipinski definition) is 4. The van der Waals surface area contributed by atoms with Gasteiger partial charge in [0, 0.05) is 12.6 Å². The lowest BCUT2D eigenvalue weighted by Gasteiger charge is -2.07. The lowest BCUT2D eigenvalue weighted by atomic mass is 10.2. The van der Waals surface area contributed by atoms with Crippen molar-refractivity contribution >= 4 is 5.82 Å². The first-order valence-electron chi connectivity index (χ1n) is 6.25. The van der Waals surface area contributed by atoms with Crippen molar-refractivity contribution in [3.63, 3.8) is 0 Å². The van der Waals surface area contributed by atoms with Gasteiger partial charge in [-0.25, -0.2) is 9.97 Å². The molecule has 0 saturated carbocycles. The molecule has 1 aliphatic rings. The van der Waals surface area contributed by atoms with Gasteiger partial charge in [0.1, 0.15) is 12.1 Å². The van der Waals surface area contributed by atoms with Crippen molar-refractivity contribution in [1.29, 1.82) is 0 Å². The van der Waals surface area contributed by atoms with Crippen LogP contribution in [0.5, 0.6) is 5.88 Å². The summed E-state index contributed by atoms with van der Waals surface area (Å²) < 4.78 is 5.32. The molecule has 1 aromatic heterocycles. The maximum atomic E-state index is 5.32. The van der Waals surface area contributed by atoms with Crippen LogP contribution in [0.2, 0.25) is 0 Å². The second-order valence-electron chi connectivity index (χ2n) is 4.11. The summed E-state index contributed by atoms with van der Waals surface area (Å²) in [5.74, 6) is 1.46. The Labute approximate surface area is 102 Å². The third kappa shape index (κ3) is 3.73. The van der Waals surface area contributed by atoms with Gasteiger partial charge in [0.2, 0.25) is 5.88 Å². The van der Waals surface area contributed by atoms with E-state index in [4.69, 9.17) is 4.74 Å². The van der Waals surface area contributed by atoms with Crippen molar-refractivity contribution in [2.75, 3.05) is 18.5 Å². The maximum absolute atomic E-state index is 5.32. The standard InChI is InChI=1S/C13H19N3O/c1-2-17-13-9-12(15-10-16-13)14-8-7-11-5-3-4-6-11/h5,9-10H,2-4,6-8H2,1H3,(H,14,15,16). The van der Waals surface area contributed by atoms with Crippen LogP contribution in [0.4, 0.5) is 5.82 Å². The summed E-state index contributed by atoms with van der Waals surface area (Å²) in [6.07, 6.45) is 8.81. The smallest absolute Gasteiger partial charge is 0.218 e. The average Bonchev–Trinajstić information content (AvgIpc) is 2.83. The molecule has 0 amide bonds. The highest BCUT2D eigenvalue weighted by Crippen LogP contribution is 2.20. The minimum absolute atomic E-state index is 0.628. The van der Waals surface area contributed by atoms with E-state index in [0.717, 1.165) is 18.8 Å². The zero-order chi connectivity index (χ0) is 11.9. The molecule has 0 unspecified atom stereocenters. The quantitative estimate of drug-likeness (QED) is 0.767. The third-order valence-corrected chi connectivity index (χ3v) is 2.82. The molecule has 1 aliphatic carbocycles. The Morgan fingerprint density at radius 3 is 3.12 bits per heavy atom. The molecule has 4 heteroatoms. The van der Waals surface area contributed by atoms with Gasteiger partial charge < -0.3 is 10.1 Å². The molecule has 0 atom stereocenters. The van der Waals surface area contributed by atoms with Crippen molar-refractivity contribution in [1.82, 2.24) is 9.97 Å². The van der Waals surface area contributed by atoms with E-state index in [2.05, 4.69) is 21.4 Å². The highest BCUT2D eigenvalue weighted by atomic mass is 16.5. The number of nitrogens with zero attached hydrogens (tertiary/aromatic N) is 2. The van der Waals surface area contributed by atoms with Crippen molar-refractivity contribution in [3.05, 3.63) is 24.0 Å². The largest absolute Gasteiger partial charge is 0.478 e. The minimum atomic E-state index is 0.628.